The molecule has 1 saturated heterocycles. The van der Waals surface area contributed by atoms with Gasteiger partial charge >= 0.3 is 5.97 Å². The number of H-pyrrole nitrogens is 1. The predicted octanol–water partition coefficient (Wildman–Crippen LogP) is 3.69. The Kier molecular flexibility index (Phi) is 7.45. The van der Waals surface area contributed by atoms with Crippen LogP contribution in [-0.4, -0.2) is 58.7 Å². The average molecular weight is 541 g/mol. The van der Waals surface area contributed by atoms with E-state index in [1.807, 2.05) is 6.07 Å². The first kappa shape index (κ1) is 25.2. The number of thiophene rings is 2. The van der Waals surface area contributed by atoms with Gasteiger partial charge in [-0.15, -0.1) is 22.7 Å². The zero-order chi connectivity index (χ0) is 25.9. The smallest absolute Gasteiger partial charge is 0.328 e. The van der Waals surface area contributed by atoms with Gasteiger partial charge in [-0.3, -0.25) is 9.59 Å². The van der Waals surface area contributed by atoms with Crippen LogP contribution >= 0.6 is 22.7 Å². The number of aromatic amines is 1. The zero-order valence-electron chi connectivity index (χ0n) is 20.0. The number of benzene rings is 1. The molecule has 0 aliphatic carbocycles. The van der Waals surface area contributed by atoms with E-state index in [9.17, 15) is 24.6 Å². The first-order valence-electron chi connectivity index (χ1n) is 12.2. The molecule has 0 spiro atoms. The summed E-state index contributed by atoms with van der Waals surface area (Å²) in [5, 5.41) is 29.8. The number of fused-ring (bicyclic) bond motifs is 2. The minimum absolute atomic E-state index is 0.131. The molecule has 2 amide bonds. The number of hydrogen-bond donors (Lipinski definition) is 6. The Hall–Kier alpha value is -3.41. The lowest BCUT2D eigenvalue weighted by molar-refractivity contribution is -0.139. The van der Waals surface area contributed by atoms with Crippen molar-refractivity contribution in [3.63, 3.8) is 0 Å². The number of rotatable bonds is 9. The van der Waals surface area contributed by atoms with Crippen LogP contribution in [-0.2, 0) is 11.2 Å². The number of carboxylic acids is 1. The van der Waals surface area contributed by atoms with Crippen LogP contribution < -0.4 is 16.0 Å². The number of aromatic hydroxyl groups is 1. The summed E-state index contributed by atoms with van der Waals surface area (Å²) < 4.78 is 1.07. The highest BCUT2D eigenvalue weighted by molar-refractivity contribution is 7.39. The fourth-order valence-electron chi connectivity index (χ4n) is 4.65. The normalized spacial score (nSPS) is 15.1. The fourth-order valence-corrected chi connectivity index (χ4v) is 7.07. The van der Waals surface area contributed by atoms with Crippen molar-refractivity contribution >= 4 is 60.8 Å². The van der Waals surface area contributed by atoms with Gasteiger partial charge in [0.25, 0.3) is 11.8 Å². The summed E-state index contributed by atoms with van der Waals surface area (Å²) >= 11 is 3.09. The van der Waals surface area contributed by atoms with Crippen molar-refractivity contribution in [1.82, 2.24) is 20.9 Å². The van der Waals surface area contributed by atoms with Crippen LogP contribution in [0.15, 0.2) is 36.4 Å². The predicted molar refractivity (Wildman–Crippen MR) is 145 cm³/mol. The number of aromatic nitrogens is 1. The highest BCUT2D eigenvalue weighted by Crippen LogP contribution is 2.35. The second-order valence-electron chi connectivity index (χ2n) is 9.27. The van der Waals surface area contributed by atoms with Gasteiger partial charge in [0, 0.05) is 27.7 Å². The van der Waals surface area contributed by atoms with E-state index < -0.39 is 23.8 Å². The molecule has 0 saturated carbocycles. The number of aryl methyl sites for hydroxylation is 1. The molecule has 4 heterocycles. The highest BCUT2D eigenvalue weighted by Gasteiger charge is 2.25. The standard InChI is InChI=1S/C26H28N4O5S2/c31-22-17-3-1-2-4-18(17)29-21(22)24(33)30-19(25(34)35)13-28-23(32)20-12-15-11-16(36-26(15)37-20)6-5-14-7-9-27-10-8-14/h1-4,11-12,14,19,27,29,31H,5-10,13H2,(H,28,32)(H,30,33)(H,34,35)/t19-/m0/s1. The molecule has 3 aromatic heterocycles. The summed E-state index contributed by atoms with van der Waals surface area (Å²) in [6, 6.07) is 9.42. The Morgan fingerprint density at radius 3 is 2.59 bits per heavy atom. The fraction of sp³-hybridized carbons (Fsp3) is 0.346. The lowest BCUT2D eigenvalue weighted by Crippen LogP contribution is -2.48. The van der Waals surface area contributed by atoms with E-state index >= 15 is 0 Å². The van der Waals surface area contributed by atoms with E-state index in [0.29, 0.717) is 15.8 Å². The summed E-state index contributed by atoms with van der Waals surface area (Å²) in [5.74, 6) is -1.95. The molecule has 0 unspecified atom stereocenters. The number of piperidine rings is 1. The van der Waals surface area contributed by atoms with E-state index in [-0.39, 0.29) is 18.0 Å². The van der Waals surface area contributed by atoms with Gasteiger partial charge in [-0.2, -0.15) is 0 Å². The topological polar surface area (TPSA) is 144 Å². The minimum Gasteiger partial charge on any atom is -0.505 e. The second kappa shape index (κ2) is 10.9. The number of carbonyl (C=O) groups excluding carboxylic acids is 2. The molecule has 1 aliphatic heterocycles. The Labute approximate surface area is 220 Å². The Bertz CT molecular complexity index is 1420. The van der Waals surface area contributed by atoms with Gasteiger partial charge in [0.05, 0.1) is 8.89 Å². The maximum atomic E-state index is 12.7. The average Bonchev–Trinajstić information content (AvgIpc) is 3.57. The maximum Gasteiger partial charge on any atom is 0.328 e. The quantitative estimate of drug-likeness (QED) is 0.191. The third kappa shape index (κ3) is 5.63. The first-order chi connectivity index (χ1) is 17.9. The number of carbonyl (C=O) groups is 3. The second-order valence-corrected chi connectivity index (χ2v) is 11.7. The van der Waals surface area contributed by atoms with Crippen molar-refractivity contribution in [2.45, 2.75) is 31.7 Å². The van der Waals surface area contributed by atoms with Crippen LogP contribution in [0.25, 0.3) is 20.3 Å². The van der Waals surface area contributed by atoms with Crippen molar-refractivity contribution in [3.05, 3.63) is 51.8 Å². The van der Waals surface area contributed by atoms with E-state index in [1.54, 1.807) is 35.6 Å². The third-order valence-electron chi connectivity index (χ3n) is 6.72. The molecule has 6 N–H and O–H groups in total. The first-order valence-corrected chi connectivity index (χ1v) is 13.9. The van der Waals surface area contributed by atoms with Gasteiger partial charge in [0.15, 0.2) is 5.75 Å². The molecular formula is C26H28N4O5S2. The van der Waals surface area contributed by atoms with Crippen molar-refractivity contribution in [1.29, 1.82) is 0 Å². The van der Waals surface area contributed by atoms with Gasteiger partial charge < -0.3 is 31.1 Å². The molecule has 1 fully saturated rings. The highest BCUT2D eigenvalue weighted by atomic mass is 32.2. The molecule has 194 valence electrons. The van der Waals surface area contributed by atoms with Gasteiger partial charge in [0.1, 0.15) is 11.7 Å². The minimum atomic E-state index is -1.37. The van der Waals surface area contributed by atoms with E-state index in [4.69, 9.17) is 0 Å². The lowest BCUT2D eigenvalue weighted by Gasteiger charge is -2.22. The van der Waals surface area contributed by atoms with Crippen LogP contribution in [0, 0.1) is 5.92 Å². The van der Waals surface area contributed by atoms with Crippen LogP contribution in [0.3, 0.4) is 0 Å². The SMILES string of the molecule is O=C(NC[C@H](NC(=O)c1[nH]c2ccccc2c1O)C(=O)O)c1cc2cc(CCC3CCNCC3)sc2s1. The van der Waals surface area contributed by atoms with E-state index in [1.165, 1.54) is 35.5 Å². The van der Waals surface area contributed by atoms with Gasteiger partial charge in [0.2, 0.25) is 0 Å². The molecule has 9 nitrogen and oxygen atoms in total. The van der Waals surface area contributed by atoms with Crippen LogP contribution in [0.5, 0.6) is 5.75 Å². The summed E-state index contributed by atoms with van der Waals surface area (Å²) in [6.45, 7) is 1.90. The van der Waals surface area contributed by atoms with Crippen LogP contribution in [0.2, 0.25) is 0 Å². The molecule has 0 radical (unpaired) electrons. The Morgan fingerprint density at radius 2 is 1.86 bits per heavy atom. The number of nitrogens with one attached hydrogen (secondary N) is 4. The van der Waals surface area contributed by atoms with E-state index in [0.717, 1.165) is 34.8 Å². The summed E-state index contributed by atoms with van der Waals surface area (Å²) in [5.41, 5.74) is 0.422. The Morgan fingerprint density at radius 1 is 1.08 bits per heavy atom. The molecule has 1 atom stereocenters. The third-order valence-corrected chi connectivity index (χ3v) is 9.17. The van der Waals surface area contributed by atoms with Crippen molar-refractivity contribution in [2.24, 2.45) is 5.92 Å². The van der Waals surface area contributed by atoms with Crippen molar-refractivity contribution in [2.75, 3.05) is 19.6 Å². The summed E-state index contributed by atoms with van der Waals surface area (Å²) in [4.78, 5) is 41.7. The molecule has 11 heteroatoms. The number of amides is 2. The molecule has 5 rings (SSSR count). The lowest BCUT2D eigenvalue weighted by atomic mass is 9.93. The molecule has 37 heavy (non-hydrogen) atoms. The van der Waals surface area contributed by atoms with Gasteiger partial charge in [-0.1, -0.05) is 12.1 Å². The summed E-state index contributed by atoms with van der Waals surface area (Å²) in [7, 11) is 0. The van der Waals surface area contributed by atoms with E-state index in [2.05, 4.69) is 27.0 Å². The van der Waals surface area contributed by atoms with Crippen molar-refractivity contribution < 1.29 is 24.6 Å². The monoisotopic (exact) mass is 540 g/mol. The van der Waals surface area contributed by atoms with Crippen molar-refractivity contribution in [3.8, 4) is 5.75 Å². The molecule has 1 aromatic carbocycles. The number of hydrogen-bond acceptors (Lipinski definition) is 7. The molecule has 0 bridgehead atoms. The molecule has 1 aliphatic rings. The number of para-hydroxylation sites is 1. The number of carboxylic acid groups (broad SMARTS) is 1. The maximum absolute atomic E-state index is 12.7. The zero-order valence-corrected chi connectivity index (χ0v) is 21.6. The Balaban J connectivity index is 1.18. The van der Waals surface area contributed by atoms with Gasteiger partial charge in [-0.25, -0.2) is 4.79 Å². The largest absolute Gasteiger partial charge is 0.505 e. The van der Waals surface area contributed by atoms with Crippen LogP contribution in [0.4, 0.5) is 0 Å². The summed E-state index contributed by atoms with van der Waals surface area (Å²) in [6.07, 6.45) is 4.68. The van der Waals surface area contributed by atoms with Crippen LogP contribution in [0.1, 0.15) is 44.3 Å². The molecule has 4 aromatic rings. The number of aliphatic carboxylic acids is 1. The molecular weight excluding hydrogens is 512 g/mol. The van der Waals surface area contributed by atoms with Gasteiger partial charge in [-0.05, 0) is 69.0 Å².